The van der Waals surface area contributed by atoms with Gasteiger partial charge in [-0.3, -0.25) is 37.3 Å². The molecular weight excluding hydrogens is 1100 g/mol. The number of unbranched alkanes of at least 4 members (excludes halogenated alkanes) is 33. The van der Waals surface area contributed by atoms with Crippen molar-refractivity contribution in [3.63, 3.8) is 0 Å². The van der Waals surface area contributed by atoms with E-state index in [0.29, 0.717) is 25.7 Å². The molecule has 83 heavy (non-hydrogen) atoms. The van der Waals surface area contributed by atoms with Crippen LogP contribution in [0, 0.1) is 11.8 Å². The van der Waals surface area contributed by atoms with Gasteiger partial charge in [-0.05, 0) is 37.5 Å². The van der Waals surface area contributed by atoms with Crippen molar-refractivity contribution in [1.82, 2.24) is 0 Å². The Kier molecular flexibility index (Phi) is 55.2. The molecule has 0 aromatic heterocycles. The van der Waals surface area contributed by atoms with Crippen molar-refractivity contribution in [3.05, 3.63) is 0 Å². The molecule has 0 saturated heterocycles. The van der Waals surface area contributed by atoms with Crippen LogP contribution in [0.3, 0.4) is 0 Å². The Morgan fingerprint density at radius 3 is 0.819 bits per heavy atom. The van der Waals surface area contributed by atoms with Crippen molar-refractivity contribution in [3.8, 4) is 0 Å². The maximum absolute atomic E-state index is 13.0. The Morgan fingerprint density at radius 1 is 0.325 bits per heavy atom. The summed E-state index contributed by atoms with van der Waals surface area (Å²) in [6.07, 6.45) is 39.3. The first-order valence-corrected chi connectivity index (χ1v) is 36.5. The summed E-state index contributed by atoms with van der Waals surface area (Å²) in [6.45, 7) is 9.37. The Hall–Kier alpha value is -1.94. The quantitative estimate of drug-likeness (QED) is 0.0222. The zero-order chi connectivity index (χ0) is 61.5. The van der Waals surface area contributed by atoms with Gasteiger partial charge in [0, 0.05) is 25.7 Å². The molecule has 0 spiro atoms. The number of ether oxygens (including phenoxy) is 4. The van der Waals surface area contributed by atoms with Crippen LogP contribution >= 0.6 is 15.6 Å². The van der Waals surface area contributed by atoms with E-state index in [-0.39, 0.29) is 25.7 Å². The molecule has 0 bridgehead atoms. The van der Waals surface area contributed by atoms with E-state index < -0.39 is 97.5 Å². The monoisotopic (exact) mass is 1230 g/mol. The van der Waals surface area contributed by atoms with E-state index in [1.165, 1.54) is 128 Å². The number of rotatable bonds is 63. The van der Waals surface area contributed by atoms with Crippen molar-refractivity contribution in [1.29, 1.82) is 0 Å². The lowest BCUT2D eigenvalue weighted by molar-refractivity contribution is -0.161. The van der Waals surface area contributed by atoms with Crippen molar-refractivity contribution < 1.29 is 80.2 Å². The molecule has 492 valence electrons. The minimum absolute atomic E-state index is 0.103. The van der Waals surface area contributed by atoms with E-state index in [0.717, 1.165) is 108 Å². The fourth-order valence-electron chi connectivity index (χ4n) is 9.53. The zero-order valence-electron chi connectivity index (χ0n) is 53.5. The molecule has 0 saturated carbocycles. The Balaban J connectivity index is 5.18. The smallest absolute Gasteiger partial charge is 0.462 e. The molecule has 0 heterocycles. The van der Waals surface area contributed by atoms with Gasteiger partial charge in [0.25, 0.3) is 0 Å². The fourth-order valence-corrected chi connectivity index (χ4v) is 11.1. The highest BCUT2D eigenvalue weighted by Crippen LogP contribution is 2.45. The highest BCUT2D eigenvalue weighted by Gasteiger charge is 2.30. The standard InChI is InChI=1S/C64H124O17P2/c1-7-9-11-13-14-15-16-17-18-19-24-30-36-42-48-63(68)81-60(53-75-62(67)47-41-35-29-23-21-20-22-27-33-38-44-56(3)4)55-79-83(72,73)77-51-58(65)50-76-82(70,71)78-54-59(52-74-61(66)46-40-32-12-10-8-2)80-64(69)49-43-37-31-26-25-28-34-39-45-57(5)6/h56-60,65H,7-55H2,1-6H3,(H,70,71)(H,72,73)/t58-,59+,60+/m0/s1. The van der Waals surface area contributed by atoms with Crippen LogP contribution in [0.4, 0.5) is 0 Å². The van der Waals surface area contributed by atoms with Gasteiger partial charge < -0.3 is 33.8 Å². The fraction of sp³-hybridized carbons (Fsp3) is 0.938. The van der Waals surface area contributed by atoms with Gasteiger partial charge in [-0.15, -0.1) is 0 Å². The highest BCUT2D eigenvalue weighted by atomic mass is 31.2. The number of phosphoric acid groups is 2. The van der Waals surface area contributed by atoms with E-state index in [1.807, 2.05) is 0 Å². The Morgan fingerprint density at radius 2 is 0.554 bits per heavy atom. The first-order chi connectivity index (χ1) is 39.9. The second-order valence-corrected chi connectivity index (χ2v) is 27.0. The molecule has 0 aromatic carbocycles. The van der Waals surface area contributed by atoms with Crippen molar-refractivity contribution in [2.24, 2.45) is 11.8 Å². The van der Waals surface area contributed by atoms with Gasteiger partial charge in [0.05, 0.1) is 26.4 Å². The summed E-state index contributed by atoms with van der Waals surface area (Å²) >= 11 is 0. The third-order valence-electron chi connectivity index (χ3n) is 14.7. The van der Waals surface area contributed by atoms with Gasteiger partial charge in [0.1, 0.15) is 19.3 Å². The average molecular weight is 1230 g/mol. The number of aliphatic hydroxyl groups is 1. The van der Waals surface area contributed by atoms with Crippen LogP contribution in [-0.2, 0) is 65.4 Å². The summed E-state index contributed by atoms with van der Waals surface area (Å²) in [6, 6.07) is 0. The topological polar surface area (TPSA) is 237 Å². The van der Waals surface area contributed by atoms with E-state index in [9.17, 15) is 43.2 Å². The normalized spacial score (nSPS) is 14.3. The molecule has 0 rings (SSSR count). The lowest BCUT2D eigenvalue weighted by Crippen LogP contribution is -2.30. The van der Waals surface area contributed by atoms with Gasteiger partial charge in [-0.1, -0.05) is 266 Å². The number of hydrogen-bond donors (Lipinski definition) is 3. The van der Waals surface area contributed by atoms with Crippen molar-refractivity contribution >= 4 is 39.5 Å². The van der Waals surface area contributed by atoms with Crippen LogP contribution in [0.15, 0.2) is 0 Å². The zero-order valence-corrected chi connectivity index (χ0v) is 55.3. The van der Waals surface area contributed by atoms with Crippen LogP contribution in [-0.4, -0.2) is 96.7 Å². The third kappa shape index (κ3) is 58.8. The van der Waals surface area contributed by atoms with Crippen LogP contribution < -0.4 is 0 Å². The maximum atomic E-state index is 13.0. The van der Waals surface area contributed by atoms with E-state index in [2.05, 4.69) is 41.5 Å². The summed E-state index contributed by atoms with van der Waals surface area (Å²) in [4.78, 5) is 72.0. The van der Waals surface area contributed by atoms with Gasteiger partial charge in [-0.25, -0.2) is 9.13 Å². The Bertz CT molecular complexity index is 1630. The minimum atomic E-state index is -4.94. The van der Waals surface area contributed by atoms with Crippen LogP contribution in [0.2, 0.25) is 0 Å². The van der Waals surface area contributed by atoms with Gasteiger partial charge >= 0.3 is 39.5 Å². The molecule has 19 heteroatoms. The highest BCUT2D eigenvalue weighted by molar-refractivity contribution is 7.47. The second-order valence-electron chi connectivity index (χ2n) is 24.1. The summed E-state index contributed by atoms with van der Waals surface area (Å²) in [5, 5.41) is 10.5. The summed E-state index contributed by atoms with van der Waals surface area (Å²) in [7, 11) is -9.88. The SMILES string of the molecule is CCCCCCCCCCCCCCCCC(=O)O[C@H](COC(=O)CCCCCCCCCCCCC(C)C)COP(=O)(O)OC[C@@H](O)COP(=O)(O)OC[C@@H](COC(=O)CCCCCCC)OC(=O)CCCCCCCCCCC(C)C. The summed E-state index contributed by atoms with van der Waals surface area (Å²) in [5.41, 5.74) is 0. The summed E-state index contributed by atoms with van der Waals surface area (Å²) < 4.78 is 67.8. The van der Waals surface area contributed by atoms with E-state index in [4.69, 9.17) is 37.0 Å². The second kappa shape index (κ2) is 56.6. The molecule has 0 radical (unpaired) electrons. The van der Waals surface area contributed by atoms with Crippen LogP contribution in [0.5, 0.6) is 0 Å². The molecule has 0 aliphatic rings. The predicted octanol–water partition coefficient (Wildman–Crippen LogP) is 17.7. The number of carbonyl (C=O) groups excluding carboxylic acids is 4. The molecule has 0 aliphatic carbocycles. The molecular formula is C64H124O17P2. The van der Waals surface area contributed by atoms with Crippen molar-refractivity contribution in [2.45, 2.75) is 336 Å². The molecule has 0 fully saturated rings. The lowest BCUT2D eigenvalue weighted by Gasteiger charge is -2.21. The number of aliphatic hydroxyl groups excluding tert-OH is 1. The first kappa shape index (κ1) is 81.1. The van der Waals surface area contributed by atoms with Gasteiger partial charge in [0.15, 0.2) is 12.2 Å². The third-order valence-corrected chi connectivity index (χ3v) is 16.6. The number of hydrogen-bond acceptors (Lipinski definition) is 15. The largest absolute Gasteiger partial charge is 0.472 e. The van der Waals surface area contributed by atoms with Crippen LogP contribution in [0.1, 0.15) is 318 Å². The Labute approximate surface area is 505 Å². The first-order valence-electron chi connectivity index (χ1n) is 33.5. The molecule has 2 unspecified atom stereocenters. The molecule has 0 aliphatic heterocycles. The van der Waals surface area contributed by atoms with Gasteiger partial charge in [0.2, 0.25) is 0 Å². The number of carbonyl (C=O) groups is 4. The maximum Gasteiger partial charge on any atom is 0.472 e. The molecule has 0 aromatic rings. The molecule has 5 atom stereocenters. The molecule has 17 nitrogen and oxygen atoms in total. The predicted molar refractivity (Wildman–Crippen MR) is 331 cm³/mol. The molecule has 3 N–H and O–H groups in total. The van der Waals surface area contributed by atoms with Crippen LogP contribution in [0.25, 0.3) is 0 Å². The average Bonchev–Trinajstić information content (AvgIpc) is 3.45. The molecule has 0 amide bonds. The van der Waals surface area contributed by atoms with Crippen molar-refractivity contribution in [2.75, 3.05) is 39.6 Å². The van der Waals surface area contributed by atoms with E-state index in [1.54, 1.807) is 0 Å². The van der Waals surface area contributed by atoms with E-state index >= 15 is 0 Å². The summed E-state index contributed by atoms with van der Waals surface area (Å²) in [5.74, 6) is -0.667. The number of phosphoric ester groups is 2. The van der Waals surface area contributed by atoms with Gasteiger partial charge in [-0.2, -0.15) is 0 Å². The number of esters is 4. The minimum Gasteiger partial charge on any atom is -0.462 e. The lowest BCUT2D eigenvalue weighted by atomic mass is 10.0.